The van der Waals surface area contributed by atoms with Gasteiger partial charge >= 0.3 is 0 Å². The summed E-state index contributed by atoms with van der Waals surface area (Å²) >= 11 is 5.31. The molecule has 4 rings (SSSR count). The molecule has 0 bridgehead atoms. The average molecular weight is 503 g/mol. The highest BCUT2D eigenvalue weighted by Crippen LogP contribution is 2.40. The Morgan fingerprint density at radius 3 is 2.71 bits per heavy atom. The van der Waals surface area contributed by atoms with E-state index in [9.17, 15) is 4.79 Å². The van der Waals surface area contributed by atoms with E-state index in [2.05, 4.69) is 26.9 Å². The molecule has 0 N–H and O–H groups in total. The molecule has 2 aromatic carbocycles. The zero-order valence-electron chi connectivity index (χ0n) is 18.3. The van der Waals surface area contributed by atoms with E-state index >= 15 is 0 Å². The Kier molecular flexibility index (Phi) is 6.67. The maximum atomic E-state index is 13.6. The van der Waals surface area contributed by atoms with Crippen molar-refractivity contribution in [2.45, 2.75) is 25.6 Å². The summed E-state index contributed by atoms with van der Waals surface area (Å²) in [6.45, 7) is 1.83. The lowest BCUT2D eigenvalue weighted by atomic mass is 10.00. The van der Waals surface area contributed by atoms with Crippen LogP contribution >= 0.6 is 27.3 Å². The zero-order valence-corrected chi connectivity index (χ0v) is 20.7. The Morgan fingerprint density at radius 1 is 1.23 bits per heavy atom. The first-order valence-electron chi connectivity index (χ1n) is 10.3. The van der Waals surface area contributed by atoms with Gasteiger partial charge in [-0.25, -0.2) is 0 Å². The van der Waals surface area contributed by atoms with Crippen LogP contribution in [0.25, 0.3) is 10.1 Å². The molecule has 7 heteroatoms. The van der Waals surface area contributed by atoms with Crippen LogP contribution in [0.4, 0.5) is 5.00 Å². The van der Waals surface area contributed by atoms with Crippen molar-refractivity contribution in [3.05, 3.63) is 57.6 Å². The van der Waals surface area contributed by atoms with Gasteiger partial charge in [0, 0.05) is 54.4 Å². The Bertz CT molecular complexity index is 1110. The van der Waals surface area contributed by atoms with E-state index in [1.165, 1.54) is 0 Å². The standard InChI is InChI=1S/C24H27BrN2O3S/c1-26(2)24-22(18-10-9-17(29-3)13-20(18)31-24)23(28)15-7-8-16(19(25)12-15)14-27-11-5-6-21(27)30-4/h7-10,12-13,21H,5-6,11,14H2,1-4H3. The molecule has 164 valence electrons. The molecule has 1 atom stereocenters. The summed E-state index contributed by atoms with van der Waals surface area (Å²) in [6.07, 6.45) is 2.38. The second kappa shape index (κ2) is 9.28. The maximum Gasteiger partial charge on any atom is 0.196 e. The van der Waals surface area contributed by atoms with Gasteiger partial charge in [0.2, 0.25) is 0 Å². The number of anilines is 1. The molecule has 5 nitrogen and oxygen atoms in total. The molecule has 3 aromatic rings. The van der Waals surface area contributed by atoms with Crippen molar-refractivity contribution in [3.63, 3.8) is 0 Å². The molecule has 1 unspecified atom stereocenters. The highest BCUT2D eigenvalue weighted by atomic mass is 79.9. The fourth-order valence-corrected chi connectivity index (χ4v) is 5.80. The number of thiophene rings is 1. The number of rotatable bonds is 7. The Morgan fingerprint density at radius 2 is 2.03 bits per heavy atom. The topological polar surface area (TPSA) is 42.0 Å². The van der Waals surface area contributed by atoms with E-state index in [1.54, 1.807) is 25.6 Å². The lowest BCUT2D eigenvalue weighted by molar-refractivity contribution is -0.00824. The molecule has 1 saturated heterocycles. The highest BCUT2D eigenvalue weighted by molar-refractivity contribution is 9.10. The number of fused-ring (bicyclic) bond motifs is 1. The van der Waals surface area contributed by atoms with Crippen molar-refractivity contribution in [2.75, 3.05) is 39.8 Å². The summed E-state index contributed by atoms with van der Waals surface area (Å²) in [6, 6.07) is 11.8. The summed E-state index contributed by atoms with van der Waals surface area (Å²) in [7, 11) is 7.37. The fourth-order valence-electron chi connectivity index (χ4n) is 4.15. The van der Waals surface area contributed by atoms with Gasteiger partial charge in [-0.3, -0.25) is 9.69 Å². The van der Waals surface area contributed by atoms with Crippen molar-refractivity contribution >= 4 is 48.1 Å². The minimum Gasteiger partial charge on any atom is -0.497 e. The SMILES string of the molecule is COc1ccc2c(C(=O)c3ccc(CN4CCCC4OC)c(Br)c3)c(N(C)C)sc2c1. The van der Waals surface area contributed by atoms with Crippen LogP contribution in [0, 0.1) is 0 Å². The van der Waals surface area contributed by atoms with E-state index in [0.717, 1.165) is 62.4 Å². The van der Waals surface area contributed by atoms with Crippen LogP contribution in [0.15, 0.2) is 40.9 Å². The molecule has 2 heterocycles. The summed E-state index contributed by atoms with van der Waals surface area (Å²) in [4.78, 5) is 17.9. The normalized spacial score (nSPS) is 16.7. The number of halogens is 1. The number of hydrogen-bond acceptors (Lipinski definition) is 6. The number of methoxy groups -OCH3 is 2. The predicted octanol–water partition coefficient (Wildman–Crippen LogP) is 5.54. The number of likely N-dealkylation sites (tertiary alicyclic amines) is 1. The number of ketones is 1. The van der Waals surface area contributed by atoms with E-state index < -0.39 is 0 Å². The largest absolute Gasteiger partial charge is 0.497 e. The second-order valence-corrected chi connectivity index (χ2v) is 9.86. The van der Waals surface area contributed by atoms with Gasteiger partial charge in [-0.2, -0.15) is 0 Å². The van der Waals surface area contributed by atoms with Gasteiger partial charge in [0.25, 0.3) is 0 Å². The van der Waals surface area contributed by atoms with Gasteiger partial charge in [0.1, 0.15) is 17.0 Å². The van der Waals surface area contributed by atoms with Crippen LogP contribution in [-0.4, -0.2) is 51.8 Å². The van der Waals surface area contributed by atoms with Crippen molar-refractivity contribution in [1.29, 1.82) is 0 Å². The van der Waals surface area contributed by atoms with Gasteiger partial charge in [-0.05, 0) is 42.7 Å². The highest BCUT2D eigenvalue weighted by Gasteiger charge is 2.26. The zero-order chi connectivity index (χ0) is 22.1. The fraction of sp³-hybridized carbons (Fsp3) is 0.375. The smallest absolute Gasteiger partial charge is 0.196 e. The molecule has 0 radical (unpaired) electrons. The average Bonchev–Trinajstić information content (AvgIpc) is 3.38. The van der Waals surface area contributed by atoms with Gasteiger partial charge in [-0.1, -0.05) is 28.1 Å². The van der Waals surface area contributed by atoms with Gasteiger partial charge in [0.15, 0.2) is 5.78 Å². The third kappa shape index (κ3) is 4.37. The summed E-state index contributed by atoms with van der Waals surface area (Å²) < 4.78 is 12.9. The predicted molar refractivity (Wildman–Crippen MR) is 131 cm³/mol. The van der Waals surface area contributed by atoms with E-state index in [1.807, 2.05) is 49.3 Å². The molecule has 0 spiro atoms. The number of ether oxygens (including phenoxy) is 2. The quantitative estimate of drug-likeness (QED) is 0.397. The molecular formula is C24H27BrN2O3S. The summed E-state index contributed by atoms with van der Waals surface area (Å²) in [5.41, 5.74) is 2.58. The van der Waals surface area contributed by atoms with Crippen molar-refractivity contribution in [1.82, 2.24) is 4.90 Å². The first-order valence-corrected chi connectivity index (χ1v) is 11.9. The minimum absolute atomic E-state index is 0.0308. The van der Waals surface area contributed by atoms with Gasteiger partial charge < -0.3 is 14.4 Å². The molecule has 1 fully saturated rings. The van der Waals surface area contributed by atoms with Crippen LogP contribution in [0.5, 0.6) is 5.75 Å². The van der Waals surface area contributed by atoms with Crippen molar-refractivity contribution in [2.24, 2.45) is 0 Å². The molecule has 0 amide bonds. The summed E-state index contributed by atoms with van der Waals surface area (Å²) in [5.74, 6) is 0.824. The first kappa shape index (κ1) is 22.3. The molecule has 31 heavy (non-hydrogen) atoms. The third-order valence-corrected chi connectivity index (χ3v) is 7.83. The molecular weight excluding hydrogens is 476 g/mol. The Labute approximate surface area is 195 Å². The second-order valence-electron chi connectivity index (χ2n) is 7.98. The van der Waals surface area contributed by atoms with Crippen molar-refractivity contribution < 1.29 is 14.3 Å². The first-order chi connectivity index (χ1) is 14.9. The lowest BCUT2D eigenvalue weighted by Crippen LogP contribution is -2.30. The molecule has 1 aliphatic rings. The Hall–Kier alpha value is -1.93. The van der Waals surface area contributed by atoms with Crippen LogP contribution < -0.4 is 9.64 Å². The van der Waals surface area contributed by atoms with E-state index in [-0.39, 0.29) is 12.0 Å². The molecule has 0 aliphatic carbocycles. The van der Waals surface area contributed by atoms with E-state index in [4.69, 9.17) is 9.47 Å². The van der Waals surface area contributed by atoms with Crippen molar-refractivity contribution in [3.8, 4) is 5.75 Å². The summed E-state index contributed by atoms with van der Waals surface area (Å²) in [5, 5.41) is 1.91. The number of benzene rings is 2. The number of carbonyl (C=O) groups is 1. The van der Waals surface area contributed by atoms with Gasteiger partial charge in [-0.15, -0.1) is 11.3 Å². The number of hydrogen-bond donors (Lipinski definition) is 0. The van der Waals surface area contributed by atoms with Crippen LogP contribution in [0.2, 0.25) is 0 Å². The van der Waals surface area contributed by atoms with E-state index in [0.29, 0.717) is 5.56 Å². The van der Waals surface area contributed by atoms with Crippen LogP contribution in [0.1, 0.15) is 34.3 Å². The molecule has 1 aromatic heterocycles. The van der Waals surface area contributed by atoms with Gasteiger partial charge in [0.05, 0.1) is 12.7 Å². The van der Waals surface area contributed by atoms with Crippen LogP contribution in [-0.2, 0) is 11.3 Å². The maximum absolute atomic E-state index is 13.6. The minimum atomic E-state index is 0.0308. The monoisotopic (exact) mass is 502 g/mol. The molecule has 0 saturated carbocycles. The third-order valence-electron chi connectivity index (χ3n) is 5.78. The lowest BCUT2D eigenvalue weighted by Gasteiger charge is -2.23. The van der Waals surface area contributed by atoms with Crippen LogP contribution in [0.3, 0.4) is 0 Å². The molecule has 1 aliphatic heterocycles. The number of nitrogens with zero attached hydrogens (tertiary/aromatic N) is 2. The number of carbonyl (C=O) groups excluding carboxylic acids is 1. The Balaban J connectivity index is 1.67.